The number of aromatic amines is 1. The monoisotopic (exact) mass is 394 g/mol. The maximum absolute atomic E-state index is 13.0. The fourth-order valence-electron chi connectivity index (χ4n) is 3.04. The first kappa shape index (κ1) is 17.0. The van der Waals surface area contributed by atoms with Gasteiger partial charge in [-0.25, -0.2) is 0 Å². The molecular weight excluding hydrogens is 376 g/mol. The Hall–Kier alpha value is -1.86. The number of nitrogens with one attached hydrogen (secondary N) is 1. The van der Waals surface area contributed by atoms with Crippen LogP contribution in [0.2, 0.25) is 0 Å². The maximum atomic E-state index is 13.0. The molecule has 24 heavy (non-hydrogen) atoms. The third-order valence-electron chi connectivity index (χ3n) is 4.27. The summed E-state index contributed by atoms with van der Waals surface area (Å²) in [4.78, 5) is 28.7. The molecule has 0 bridgehead atoms. The Balaban J connectivity index is 1.86. The summed E-state index contributed by atoms with van der Waals surface area (Å²) in [6, 6.07) is 7.59. The lowest BCUT2D eigenvalue weighted by molar-refractivity contribution is -0.137. The number of halogens is 1. The summed E-state index contributed by atoms with van der Waals surface area (Å²) in [5.41, 5.74) is 1.37. The number of carboxylic acid groups (broad SMARTS) is 1. The van der Waals surface area contributed by atoms with Crippen LogP contribution in [0, 0.1) is 0 Å². The zero-order valence-corrected chi connectivity index (χ0v) is 14.7. The standard InChI is InChI=1S/C17H19BrN2O4/c18-12-1-2-14-11(9-12)10-15(19-14)17(23)20(6-3-16(21)22)13-4-7-24-8-5-13/h1-2,9-10,13,19H,3-8H2,(H,21,22). The average Bonchev–Trinajstić information content (AvgIpc) is 2.98. The molecule has 6 nitrogen and oxygen atoms in total. The summed E-state index contributed by atoms with van der Waals surface area (Å²) in [7, 11) is 0. The molecule has 1 aliphatic rings. The van der Waals surface area contributed by atoms with E-state index in [1.807, 2.05) is 24.3 Å². The van der Waals surface area contributed by atoms with Gasteiger partial charge in [-0.2, -0.15) is 0 Å². The second-order valence-corrected chi connectivity index (χ2v) is 6.82. The Bertz CT molecular complexity index is 752. The first-order valence-corrected chi connectivity index (χ1v) is 8.72. The second-order valence-electron chi connectivity index (χ2n) is 5.90. The lowest BCUT2D eigenvalue weighted by Crippen LogP contribution is -2.44. The van der Waals surface area contributed by atoms with Crippen LogP contribution in [0.5, 0.6) is 0 Å². The molecule has 0 aliphatic carbocycles. The van der Waals surface area contributed by atoms with Crippen LogP contribution in [0.15, 0.2) is 28.7 Å². The topological polar surface area (TPSA) is 82.6 Å². The van der Waals surface area contributed by atoms with E-state index in [1.54, 1.807) is 4.90 Å². The van der Waals surface area contributed by atoms with Crippen molar-refractivity contribution < 1.29 is 19.4 Å². The number of nitrogens with zero attached hydrogens (tertiary/aromatic N) is 1. The van der Waals surface area contributed by atoms with E-state index in [2.05, 4.69) is 20.9 Å². The number of benzene rings is 1. The summed E-state index contributed by atoms with van der Waals surface area (Å²) in [6.45, 7) is 1.40. The molecule has 0 saturated carbocycles. The predicted octanol–water partition coefficient (Wildman–Crippen LogP) is 3.03. The molecule has 1 amide bonds. The molecule has 1 aliphatic heterocycles. The van der Waals surface area contributed by atoms with Crippen LogP contribution in [0.3, 0.4) is 0 Å². The highest BCUT2D eigenvalue weighted by molar-refractivity contribution is 9.10. The number of aliphatic carboxylic acids is 1. The second kappa shape index (κ2) is 7.36. The number of hydrogen-bond donors (Lipinski definition) is 2. The number of amides is 1. The van der Waals surface area contributed by atoms with E-state index < -0.39 is 5.97 Å². The predicted molar refractivity (Wildman–Crippen MR) is 93.1 cm³/mol. The van der Waals surface area contributed by atoms with Gasteiger partial charge in [0.15, 0.2) is 0 Å². The third kappa shape index (κ3) is 3.79. The molecular formula is C17H19BrN2O4. The van der Waals surface area contributed by atoms with Crippen molar-refractivity contribution >= 4 is 38.7 Å². The molecule has 2 N–H and O–H groups in total. The van der Waals surface area contributed by atoms with E-state index >= 15 is 0 Å². The molecule has 2 aromatic rings. The third-order valence-corrected chi connectivity index (χ3v) is 4.77. The Kier molecular flexibility index (Phi) is 5.20. The summed E-state index contributed by atoms with van der Waals surface area (Å²) in [5, 5.41) is 9.92. The molecule has 0 spiro atoms. The largest absolute Gasteiger partial charge is 0.481 e. The zero-order chi connectivity index (χ0) is 17.1. The van der Waals surface area contributed by atoms with Crippen molar-refractivity contribution in [1.82, 2.24) is 9.88 Å². The van der Waals surface area contributed by atoms with Crippen LogP contribution in [-0.4, -0.2) is 52.7 Å². The van der Waals surface area contributed by atoms with Gasteiger partial charge >= 0.3 is 5.97 Å². The van der Waals surface area contributed by atoms with E-state index in [-0.39, 0.29) is 24.9 Å². The minimum Gasteiger partial charge on any atom is -0.481 e. The molecule has 1 fully saturated rings. The van der Waals surface area contributed by atoms with Crippen LogP contribution in [0.4, 0.5) is 0 Å². The number of fused-ring (bicyclic) bond motifs is 1. The molecule has 7 heteroatoms. The van der Waals surface area contributed by atoms with Crippen LogP contribution < -0.4 is 0 Å². The summed E-state index contributed by atoms with van der Waals surface area (Å²) in [6.07, 6.45) is 1.41. The number of carbonyl (C=O) groups is 2. The average molecular weight is 395 g/mol. The van der Waals surface area contributed by atoms with Crippen LogP contribution in [0.25, 0.3) is 10.9 Å². The van der Waals surface area contributed by atoms with Gasteiger partial charge in [0.05, 0.1) is 6.42 Å². The molecule has 1 aromatic carbocycles. The first-order chi connectivity index (χ1) is 11.5. The van der Waals surface area contributed by atoms with Gasteiger partial charge < -0.3 is 19.7 Å². The Labute approximate surface area is 147 Å². The van der Waals surface area contributed by atoms with Gasteiger partial charge in [0.1, 0.15) is 5.69 Å². The summed E-state index contributed by atoms with van der Waals surface area (Å²) < 4.78 is 6.30. The van der Waals surface area contributed by atoms with Crippen LogP contribution in [-0.2, 0) is 9.53 Å². The maximum Gasteiger partial charge on any atom is 0.305 e. The van der Waals surface area contributed by atoms with Crippen LogP contribution >= 0.6 is 15.9 Å². The molecule has 0 unspecified atom stereocenters. The lowest BCUT2D eigenvalue weighted by atomic mass is 10.1. The minimum atomic E-state index is -0.902. The van der Waals surface area contributed by atoms with Crippen molar-refractivity contribution in [3.8, 4) is 0 Å². The molecule has 3 rings (SSSR count). The Morgan fingerprint density at radius 3 is 2.75 bits per heavy atom. The Morgan fingerprint density at radius 1 is 1.29 bits per heavy atom. The van der Waals surface area contributed by atoms with E-state index in [9.17, 15) is 9.59 Å². The first-order valence-electron chi connectivity index (χ1n) is 7.93. The minimum absolute atomic E-state index is 0.0174. The van der Waals surface area contributed by atoms with Crippen molar-refractivity contribution in [3.05, 3.63) is 34.4 Å². The molecule has 0 atom stereocenters. The molecule has 0 radical (unpaired) electrons. The number of carbonyl (C=O) groups excluding carboxylic acids is 1. The smallest absolute Gasteiger partial charge is 0.305 e. The van der Waals surface area contributed by atoms with Crippen molar-refractivity contribution in [2.24, 2.45) is 0 Å². The van der Waals surface area contributed by atoms with E-state index in [0.717, 1.165) is 28.2 Å². The highest BCUT2D eigenvalue weighted by atomic mass is 79.9. The molecule has 128 valence electrons. The highest BCUT2D eigenvalue weighted by Crippen LogP contribution is 2.23. The normalized spacial score (nSPS) is 15.5. The number of aromatic nitrogens is 1. The summed E-state index contributed by atoms with van der Waals surface area (Å²) in [5.74, 6) is -1.06. The van der Waals surface area contributed by atoms with Crippen molar-refractivity contribution in [2.75, 3.05) is 19.8 Å². The lowest BCUT2D eigenvalue weighted by Gasteiger charge is -2.33. The van der Waals surface area contributed by atoms with Gasteiger partial charge in [-0.05, 0) is 37.1 Å². The summed E-state index contributed by atoms with van der Waals surface area (Å²) >= 11 is 3.42. The molecule has 1 aromatic heterocycles. The quantitative estimate of drug-likeness (QED) is 0.816. The van der Waals surface area contributed by atoms with E-state index in [0.29, 0.717) is 18.9 Å². The fraction of sp³-hybridized carbons (Fsp3) is 0.412. The molecule has 2 heterocycles. The van der Waals surface area contributed by atoms with Gasteiger partial charge in [0.25, 0.3) is 5.91 Å². The molecule has 1 saturated heterocycles. The Morgan fingerprint density at radius 2 is 2.04 bits per heavy atom. The van der Waals surface area contributed by atoms with Gasteiger partial charge in [-0.3, -0.25) is 9.59 Å². The van der Waals surface area contributed by atoms with Crippen molar-refractivity contribution in [1.29, 1.82) is 0 Å². The number of hydrogen-bond acceptors (Lipinski definition) is 3. The zero-order valence-electron chi connectivity index (χ0n) is 13.1. The van der Waals surface area contributed by atoms with Crippen LogP contribution in [0.1, 0.15) is 29.8 Å². The van der Waals surface area contributed by atoms with E-state index in [4.69, 9.17) is 9.84 Å². The van der Waals surface area contributed by atoms with Gasteiger partial charge in [-0.1, -0.05) is 15.9 Å². The van der Waals surface area contributed by atoms with E-state index in [1.165, 1.54) is 0 Å². The van der Waals surface area contributed by atoms with Gasteiger partial charge in [-0.15, -0.1) is 0 Å². The fourth-order valence-corrected chi connectivity index (χ4v) is 3.42. The number of H-pyrrole nitrogens is 1. The number of carboxylic acids is 1. The van der Waals surface area contributed by atoms with Gasteiger partial charge in [0.2, 0.25) is 0 Å². The highest BCUT2D eigenvalue weighted by Gasteiger charge is 2.28. The number of rotatable bonds is 5. The van der Waals surface area contributed by atoms with Gasteiger partial charge in [0, 0.05) is 41.2 Å². The number of ether oxygens (including phenoxy) is 1. The van der Waals surface area contributed by atoms with Crippen molar-refractivity contribution in [3.63, 3.8) is 0 Å². The SMILES string of the molecule is O=C(O)CCN(C(=O)c1cc2cc(Br)ccc2[nH]1)C1CCOCC1. The van der Waals surface area contributed by atoms with Crippen molar-refractivity contribution in [2.45, 2.75) is 25.3 Å².